The lowest BCUT2D eigenvalue weighted by atomic mass is 9.85. The highest BCUT2D eigenvalue weighted by atomic mass is 16.5. The van der Waals surface area contributed by atoms with E-state index in [9.17, 15) is 4.79 Å². The predicted octanol–water partition coefficient (Wildman–Crippen LogP) is 6.49. The summed E-state index contributed by atoms with van der Waals surface area (Å²) in [6, 6.07) is 27.2. The Morgan fingerprint density at radius 2 is 1.58 bits per heavy atom. The van der Waals surface area contributed by atoms with Gasteiger partial charge in [-0.05, 0) is 37.3 Å². The van der Waals surface area contributed by atoms with E-state index in [1.54, 1.807) is 0 Å². The molecule has 0 spiro atoms. The van der Waals surface area contributed by atoms with Crippen molar-refractivity contribution < 1.29 is 9.32 Å². The number of aryl methyl sites for hydroxylation is 1. The Hall–Kier alpha value is -4.62. The highest BCUT2D eigenvalue weighted by Gasteiger charge is 2.32. The van der Waals surface area contributed by atoms with Crippen LogP contribution in [0.2, 0.25) is 0 Å². The summed E-state index contributed by atoms with van der Waals surface area (Å²) in [5.74, 6) is 7.00. The molecule has 1 aliphatic carbocycles. The van der Waals surface area contributed by atoms with Crippen LogP contribution in [0.4, 0.5) is 11.4 Å². The minimum atomic E-state index is -0.0523. The third-order valence-corrected chi connectivity index (χ3v) is 5.84. The molecule has 156 valence electrons. The number of hydrogen-bond donors (Lipinski definition) is 1. The number of hydrogen-bond acceptors (Lipinski definition) is 4. The molecule has 1 N–H and O–H groups in total. The van der Waals surface area contributed by atoms with Gasteiger partial charge < -0.3 is 9.84 Å². The average Bonchev–Trinajstić information content (AvgIpc) is 3.29. The van der Waals surface area contributed by atoms with E-state index in [4.69, 9.17) is 4.52 Å². The summed E-state index contributed by atoms with van der Waals surface area (Å²) in [5, 5.41) is 8.48. The topological polar surface area (TPSA) is 55.1 Å². The first kappa shape index (κ1) is 19.1. The lowest BCUT2D eigenvalue weighted by Gasteiger charge is -2.18. The quantitative estimate of drug-likeness (QED) is 0.322. The molecule has 0 saturated carbocycles. The lowest BCUT2D eigenvalue weighted by molar-refractivity contribution is 0.104. The number of carbonyl (C=O) groups is 1. The molecule has 0 radical (unpaired) electrons. The van der Waals surface area contributed by atoms with E-state index >= 15 is 0 Å². The molecule has 0 amide bonds. The smallest absolute Gasteiger partial charge is 0.196 e. The van der Waals surface area contributed by atoms with Gasteiger partial charge in [-0.2, -0.15) is 0 Å². The highest BCUT2D eigenvalue weighted by Crippen LogP contribution is 2.44. The molecule has 33 heavy (non-hydrogen) atoms. The molecule has 1 aliphatic rings. The minimum Gasteiger partial charge on any atom is -0.355 e. The predicted molar refractivity (Wildman–Crippen MR) is 130 cm³/mol. The monoisotopic (exact) mass is 426 g/mol. The second-order valence-corrected chi connectivity index (χ2v) is 8.06. The van der Waals surface area contributed by atoms with E-state index in [0.29, 0.717) is 39.0 Å². The van der Waals surface area contributed by atoms with E-state index < -0.39 is 0 Å². The van der Waals surface area contributed by atoms with E-state index in [1.165, 1.54) is 0 Å². The summed E-state index contributed by atoms with van der Waals surface area (Å²) in [4.78, 5) is 13.6. The Morgan fingerprint density at radius 3 is 2.36 bits per heavy atom. The fraction of sp³-hybridized carbons (Fsp3) is 0.0345. The fourth-order valence-electron chi connectivity index (χ4n) is 4.21. The number of fused-ring (bicyclic) bond motifs is 2. The molecule has 0 saturated heterocycles. The van der Waals surface area contributed by atoms with E-state index in [-0.39, 0.29) is 5.78 Å². The summed E-state index contributed by atoms with van der Waals surface area (Å²) >= 11 is 0. The maximum absolute atomic E-state index is 13.6. The van der Waals surface area contributed by atoms with Crippen LogP contribution in [0, 0.1) is 18.8 Å². The van der Waals surface area contributed by atoms with Gasteiger partial charge in [0.15, 0.2) is 11.5 Å². The van der Waals surface area contributed by atoms with Gasteiger partial charge in [0, 0.05) is 22.4 Å². The molecule has 4 nitrogen and oxygen atoms in total. The van der Waals surface area contributed by atoms with Crippen molar-refractivity contribution in [3.63, 3.8) is 0 Å². The molecule has 1 aromatic heterocycles. The van der Waals surface area contributed by atoms with Crippen molar-refractivity contribution in [3.05, 3.63) is 113 Å². The van der Waals surface area contributed by atoms with Gasteiger partial charge in [0.1, 0.15) is 5.52 Å². The number of benzene rings is 4. The summed E-state index contributed by atoms with van der Waals surface area (Å²) in [6.45, 7) is 2.04. The van der Waals surface area contributed by atoms with E-state index in [1.807, 2.05) is 91.9 Å². The third-order valence-electron chi connectivity index (χ3n) is 5.84. The number of carbonyl (C=O) groups excluding carboxylic acids is 1. The van der Waals surface area contributed by atoms with Crippen molar-refractivity contribution in [1.29, 1.82) is 0 Å². The highest BCUT2D eigenvalue weighted by molar-refractivity contribution is 6.28. The lowest BCUT2D eigenvalue weighted by Crippen LogP contribution is -2.12. The second-order valence-electron chi connectivity index (χ2n) is 8.06. The Labute approximate surface area is 190 Å². The summed E-state index contributed by atoms with van der Waals surface area (Å²) in [7, 11) is 0. The van der Waals surface area contributed by atoms with Crippen molar-refractivity contribution in [2.45, 2.75) is 6.92 Å². The van der Waals surface area contributed by atoms with Gasteiger partial charge in [-0.25, -0.2) is 0 Å². The molecule has 0 atom stereocenters. The molecular formula is C29H18N2O2. The maximum Gasteiger partial charge on any atom is 0.196 e. The summed E-state index contributed by atoms with van der Waals surface area (Å²) in [5.41, 5.74) is 6.87. The first-order valence-corrected chi connectivity index (χ1v) is 10.7. The average molecular weight is 426 g/mol. The molecule has 0 fully saturated rings. The van der Waals surface area contributed by atoms with Crippen LogP contribution in [0.3, 0.4) is 0 Å². The van der Waals surface area contributed by atoms with Crippen LogP contribution in [0.15, 0.2) is 89.5 Å². The van der Waals surface area contributed by atoms with Crippen molar-refractivity contribution in [2.24, 2.45) is 0 Å². The van der Waals surface area contributed by atoms with Gasteiger partial charge in [0.2, 0.25) is 0 Å². The van der Waals surface area contributed by atoms with Gasteiger partial charge in [0.25, 0.3) is 0 Å². The Morgan fingerprint density at radius 1 is 0.848 bits per heavy atom. The van der Waals surface area contributed by atoms with Crippen molar-refractivity contribution >= 4 is 28.1 Å². The van der Waals surface area contributed by atoms with Crippen LogP contribution in [0.5, 0.6) is 0 Å². The normalized spacial score (nSPS) is 11.6. The molecule has 0 aliphatic heterocycles. The van der Waals surface area contributed by atoms with Crippen molar-refractivity contribution in [2.75, 3.05) is 5.32 Å². The van der Waals surface area contributed by atoms with E-state index in [2.05, 4.69) is 22.3 Å². The maximum atomic E-state index is 13.6. The largest absolute Gasteiger partial charge is 0.355 e. The molecule has 4 heteroatoms. The van der Waals surface area contributed by atoms with Crippen LogP contribution in [0.25, 0.3) is 22.2 Å². The van der Waals surface area contributed by atoms with Crippen LogP contribution < -0.4 is 5.32 Å². The second kappa shape index (κ2) is 7.51. The summed E-state index contributed by atoms with van der Waals surface area (Å²) < 4.78 is 5.79. The number of ketones is 1. The molecule has 6 rings (SSSR count). The molecule has 4 aromatic carbocycles. The van der Waals surface area contributed by atoms with Crippen molar-refractivity contribution in [1.82, 2.24) is 5.16 Å². The Kier molecular flexibility index (Phi) is 4.34. The van der Waals surface area contributed by atoms with Gasteiger partial charge in [-0.3, -0.25) is 4.79 Å². The first-order chi connectivity index (χ1) is 16.2. The van der Waals surface area contributed by atoms with Gasteiger partial charge in [0.05, 0.1) is 22.2 Å². The number of aromatic nitrogens is 1. The SMILES string of the molecule is Cc1ccc(Nc2cc(C#Cc3ccccc3)c3noc4c3c2C(=O)c2ccccc2-4)cc1. The molecule has 1 heterocycles. The standard InChI is InChI=1S/C29H18N2O2/c1-18-11-15-21(16-12-18)30-24-17-20(14-13-19-7-3-2-4-8-19)27-26-25(24)28(32)22-9-5-6-10-23(22)29(26)33-31-27/h2-12,15-17,30H,1H3. The Balaban J connectivity index is 1.60. The number of anilines is 2. The van der Waals surface area contributed by atoms with Crippen molar-refractivity contribution in [3.8, 4) is 23.2 Å². The number of nitrogens with zero attached hydrogens (tertiary/aromatic N) is 1. The summed E-state index contributed by atoms with van der Waals surface area (Å²) in [6.07, 6.45) is 0. The van der Waals surface area contributed by atoms with Gasteiger partial charge in [-0.15, -0.1) is 0 Å². The number of nitrogens with one attached hydrogen (secondary N) is 1. The first-order valence-electron chi connectivity index (χ1n) is 10.7. The minimum absolute atomic E-state index is 0.0523. The number of rotatable bonds is 2. The zero-order chi connectivity index (χ0) is 22.4. The zero-order valence-electron chi connectivity index (χ0n) is 17.8. The van der Waals surface area contributed by atoms with Crippen LogP contribution >= 0.6 is 0 Å². The Bertz CT molecular complexity index is 1600. The molecule has 0 bridgehead atoms. The van der Waals surface area contributed by atoms with Crippen LogP contribution in [-0.4, -0.2) is 10.9 Å². The molecule has 5 aromatic rings. The van der Waals surface area contributed by atoms with Gasteiger partial charge >= 0.3 is 0 Å². The van der Waals surface area contributed by atoms with Crippen LogP contribution in [0.1, 0.15) is 32.6 Å². The van der Waals surface area contributed by atoms with Crippen LogP contribution in [-0.2, 0) is 0 Å². The molecular weight excluding hydrogens is 408 g/mol. The van der Waals surface area contributed by atoms with E-state index in [0.717, 1.165) is 22.4 Å². The fourth-order valence-corrected chi connectivity index (χ4v) is 4.21. The third kappa shape index (κ3) is 3.19. The van der Waals surface area contributed by atoms with Gasteiger partial charge in [-0.1, -0.05) is 77.2 Å². The zero-order valence-corrected chi connectivity index (χ0v) is 17.8. The molecule has 0 unspecified atom stereocenters.